The number of phenols is 1. The van der Waals surface area contributed by atoms with E-state index >= 15 is 0 Å². The number of nitrogens with one attached hydrogen (secondary N) is 1. The van der Waals surface area contributed by atoms with E-state index in [-0.39, 0.29) is 48.2 Å². The van der Waals surface area contributed by atoms with E-state index in [1.165, 1.54) is 31.1 Å². The number of hydrogen-bond acceptors (Lipinski definition) is 10. The summed E-state index contributed by atoms with van der Waals surface area (Å²) in [5, 5.41) is 46.7. The number of hydrogen-bond donors (Lipinski definition) is 6. The van der Waals surface area contributed by atoms with Crippen molar-refractivity contribution < 1.29 is 44.0 Å². The predicted molar refractivity (Wildman–Crippen MR) is 127 cm³/mol. The van der Waals surface area contributed by atoms with Crippen molar-refractivity contribution in [2.45, 2.75) is 24.5 Å². The maximum absolute atomic E-state index is 13.8. The Hall–Kier alpha value is -3.61. The number of aliphatic hydroxyl groups is 3. The van der Waals surface area contributed by atoms with Crippen LogP contribution in [0.25, 0.3) is 5.76 Å². The lowest BCUT2D eigenvalue weighted by molar-refractivity contribution is -0.153. The number of phenolic OH excluding ortho intramolecular Hbond substituents is 1. The summed E-state index contributed by atoms with van der Waals surface area (Å²) in [7, 11) is 3.01. The van der Waals surface area contributed by atoms with Crippen LogP contribution < -0.4 is 11.1 Å². The van der Waals surface area contributed by atoms with Gasteiger partial charge in [-0.1, -0.05) is 0 Å². The molecule has 12 heteroatoms. The van der Waals surface area contributed by atoms with Gasteiger partial charge in [-0.05, 0) is 50.6 Å². The van der Waals surface area contributed by atoms with Crippen LogP contribution in [0.3, 0.4) is 0 Å². The Kier molecular flexibility index (Phi) is 6.69. The van der Waals surface area contributed by atoms with E-state index in [4.69, 9.17) is 5.73 Å². The Labute approximate surface area is 211 Å². The molecule has 0 aliphatic heterocycles. The highest BCUT2D eigenvalue weighted by Crippen LogP contribution is 2.52. The molecular weight excluding hydrogens is 489 g/mol. The van der Waals surface area contributed by atoms with Gasteiger partial charge in [0.1, 0.15) is 29.5 Å². The van der Waals surface area contributed by atoms with E-state index in [2.05, 4.69) is 5.32 Å². The number of benzene rings is 1. The number of fused-ring (bicyclic) bond motifs is 3. The van der Waals surface area contributed by atoms with Gasteiger partial charge >= 0.3 is 0 Å². The largest absolute Gasteiger partial charge is 0.508 e. The number of alkyl halides is 1. The zero-order chi connectivity index (χ0) is 27.4. The minimum Gasteiger partial charge on any atom is -0.508 e. The molecule has 0 saturated heterocycles. The van der Waals surface area contributed by atoms with Crippen LogP contribution in [-0.4, -0.2) is 94.1 Å². The first kappa shape index (κ1) is 26.5. The first-order chi connectivity index (χ1) is 17.4. The quantitative estimate of drug-likeness (QED) is 0.159. The third-order valence-corrected chi connectivity index (χ3v) is 7.46. The highest BCUT2D eigenvalue weighted by molar-refractivity contribution is 6.24. The van der Waals surface area contributed by atoms with Crippen LogP contribution in [0, 0.1) is 11.8 Å². The van der Waals surface area contributed by atoms with Crippen molar-refractivity contribution in [1.82, 2.24) is 10.2 Å². The highest BCUT2D eigenvalue weighted by Gasteiger charge is 2.64. The Morgan fingerprint density at radius 1 is 1.22 bits per heavy atom. The summed E-state index contributed by atoms with van der Waals surface area (Å²) < 4.78 is 12.5. The third-order valence-electron chi connectivity index (χ3n) is 7.46. The van der Waals surface area contributed by atoms with Crippen molar-refractivity contribution in [3.8, 4) is 5.75 Å². The van der Waals surface area contributed by atoms with Gasteiger partial charge in [0.05, 0.1) is 18.2 Å². The van der Waals surface area contributed by atoms with Crippen LogP contribution in [0.15, 0.2) is 29.0 Å². The second kappa shape index (κ2) is 9.36. The zero-order valence-corrected chi connectivity index (χ0v) is 20.2. The molecule has 7 N–H and O–H groups in total. The van der Waals surface area contributed by atoms with Crippen molar-refractivity contribution in [1.29, 1.82) is 0 Å². The van der Waals surface area contributed by atoms with Crippen molar-refractivity contribution in [3.05, 3.63) is 45.7 Å². The minimum atomic E-state index is -2.73. The Bertz CT molecular complexity index is 1290. The number of nitrogens with two attached hydrogens (primary N) is 1. The number of rotatable bonds is 7. The van der Waals surface area contributed by atoms with Crippen molar-refractivity contribution in [2.24, 2.45) is 17.6 Å². The smallest absolute Gasteiger partial charge is 0.255 e. The molecular formula is C25H28FN3O8. The molecule has 11 nitrogen and oxygen atoms in total. The van der Waals surface area contributed by atoms with E-state index in [9.17, 15) is 44.0 Å². The van der Waals surface area contributed by atoms with Gasteiger partial charge in [-0.3, -0.25) is 24.1 Å². The van der Waals surface area contributed by atoms with Crippen molar-refractivity contribution >= 4 is 29.0 Å². The Morgan fingerprint density at radius 2 is 1.89 bits per heavy atom. The summed E-state index contributed by atoms with van der Waals surface area (Å²) >= 11 is 0. The molecule has 0 bridgehead atoms. The van der Waals surface area contributed by atoms with Gasteiger partial charge in [0.2, 0.25) is 5.78 Å². The number of carbonyl (C=O) groups is 4. The predicted octanol–water partition coefficient (Wildman–Crippen LogP) is -0.294. The number of aromatic hydroxyl groups is 1. The second-order valence-corrected chi connectivity index (χ2v) is 9.74. The van der Waals surface area contributed by atoms with Gasteiger partial charge in [-0.15, -0.1) is 0 Å². The number of nitrogens with zero attached hydrogens (tertiary/aromatic N) is 1. The molecule has 198 valence electrons. The van der Waals surface area contributed by atoms with Crippen molar-refractivity contribution in [3.63, 3.8) is 0 Å². The third kappa shape index (κ3) is 3.83. The number of likely N-dealkylation sites (N-methyl/N-ethyl adjacent to an activating group) is 1. The molecule has 0 heterocycles. The van der Waals surface area contributed by atoms with Gasteiger partial charge in [0.25, 0.3) is 5.91 Å². The second-order valence-electron chi connectivity index (χ2n) is 9.74. The molecule has 4 rings (SSSR count). The number of aliphatic hydroxyl groups excluding tert-OH is 2. The van der Waals surface area contributed by atoms with Gasteiger partial charge in [0, 0.05) is 23.6 Å². The summed E-state index contributed by atoms with van der Waals surface area (Å²) in [5.74, 6) is -8.00. The van der Waals surface area contributed by atoms with E-state index in [0.29, 0.717) is 0 Å². The molecule has 3 aliphatic carbocycles. The van der Waals surface area contributed by atoms with Gasteiger partial charge in [0.15, 0.2) is 17.2 Å². The molecule has 0 spiro atoms. The number of Topliss-reactive ketones (excluding diaryl/α,β-unsaturated/α-hetero) is 3. The first-order valence-electron chi connectivity index (χ1n) is 11.7. The summed E-state index contributed by atoms with van der Waals surface area (Å²) in [6.45, 7) is -0.911. The number of amides is 1. The van der Waals surface area contributed by atoms with E-state index < -0.39 is 76.3 Å². The van der Waals surface area contributed by atoms with E-state index in [1.54, 1.807) is 0 Å². The van der Waals surface area contributed by atoms with E-state index in [1.807, 2.05) is 0 Å². The lowest BCUT2D eigenvalue weighted by Gasteiger charge is -2.50. The lowest BCUT2D eigenvalue weighted by atomic mass is 9.57. The standard InChI is InChI=1S/C25H28FN3O8/c1-29(2)19-13-8-10-7-12-11(15(31)9-28-6-5-26)3-4-14(30)17(12)20(32)16(10)22(34)25(13,37)23(35)18(21(19)33)24(27)36/h3-4,10,13,19,28,30,32,35,37H,5-9H2,1-2H3,(H2,27,36)/t10-,13-,19-,25-/m0/s1. The fourth-order valence-corrected chi connectivity index (χ4v) is 5.87. The van der Waals surface area contributed by atoms with Gasteiger partial charge in [-0.25, -0.2) is 4.39 Å². The summed E-state index contributed by atoms with van der Waals surface area (Å²) in [6.07, 6.45) is -0.0950. The average Bonchev–Trinajstić information content (AvgIpc) is 2.81. The van der Waals surface area contributed by atoms with Crippen molar-refractivity contribution in [2.75, 3.05) is 33.9 Å². The Balaban J connectivity index is 1.90. The molecule has 1 fully saturated rings. The van der Waals surface area contributed by atoms with Crippen LogP contribution >= 0.6 is 0 Å². The summed E-state index contributed by atoms with van der Waals surface area (Å²) in [5.41, 5.74) is 1.61. The molecule has 4 atom stereocenters. The molecule has 0 radical (unpaired) electrons. The molecule has 1 aromatic rings. The minimum absolute atomic E-state index is 0.00682. The number of halogens is 1. The van der Waals surface area contributed by atoms with Crippen LogP contribution in [0.2, 0.25) is 0 Å². The first-order valence-corrected chi connectivity index (χ1v) is 11.7. The molecule has 3 aliphatic rings. The maximum Gasteiger partial charge on any atom is 0.255 e. The topological polar surface area (TPSA) is 190 Å². The molecule has 0 aromatic heterocycles. The summed E-state index contributed by atoms with van der Waals surface area (Å²) in [4.78, 5) is 53.1. The van der Waals surface area contributed by atoms with Crippen LogP contribution in [0.1, 0.15) is 27.9 Å². The molecule has 37 heavy (non-hydrogen) atoms. The van der Waals surface area contributed by atoms with Crippen LogP contribution in [0.5, 0.6) is 5.75 Å². The number of primary amides is 1. The van der Waals surface area contributed by atoms with Gasteiger partial charge in [-0.2, -0.15) is 0 Å². The molecule has 1 amide bonds. The average molecular weight is 518 g/mol. The normalized spacial score (nSPS) is 27.2. The van der Waals surface area contributed by atoms with Gasteiger partial charge < -0.3 is 31.5 Å². The molecule has 0 unspecified atom stereocenters. The SMILES string of the molecule is CN(C)[C@@H]1C(=O)C(C(N)=O)=C(O)[C@@]2(O)C(=O)C3=C(O)c4c(O)ccc(C(=O)CNCCF)c4C[C@H]3C[C@@H]12. The number of ketones is 3. The number of carbonyl (C=O) groups excluding carboxylic acids is 4. The monoisotopic (exact) mass is 517 g/mol. The van der Waals surface area contributed by atoms with Crippen LogP contribution in [-0.2, 0) is 20.8 Å². The van der Waals surface area contributed by atoms with Crippen LogP contribution in [0.4, 0.5) is 4.39 Å². The Morgan fingerprint density at radius 3 is 2.49 bits per heavy atom. The fourth-order valence-electron chi connectivity index (χ4n) is 5.87. The highest BCUT2D eigenvalue weighted by atomic mass is 19.1. The molecule has 1 saturated carbocycles. The maximum atomic E-state index is 13.8. The molecule has 1 aromatic carbocycles. The zero-order valence-electron chi connectivity index (χ0n) is 20.2. The summed E-state index contributed by atoms with van der Waals surface area (Å²) in [6, 6.07) is 1.34. The lowest BCUT2D eigenvalue weighted by Crippen LogP contribution is -2.65. The fraction of sp³-hybridized carbons (Fsp3) is 0.440. The van der Waals surface area contributed by atoms with E-state index in [0.717, 1.165) is 0 Å².